The van der Waals surface area contributed by atoms with Crippen molar-refractivity contribution in [2.24, 2.45) is 11.8 Å². The Bertz CT molecular complexity index is 2010. The van der Waals surface area contributed by atoms with E-state index in [1.165, 1.54) is 270 Å². The summed E-state index contributed by atoms with van der Waals surface area (Å²) in [5.74, 6) is -0.661. The molecule has 19 heteroatoms. The van der Waals surface area contributed by atoms with E-state index in [-0.39, 0.29) is 25.7 Å². The highest BCUT2D eigenvalue weighted by molar-refractivity contribution is 7.47. The molecular formula is C86H168O17P2. The van der Waals surface area contributed by atoms with Gasteiger partial charge >= 0.3 is 39.5 Å². The zero-order chi connectivity index (χ0) is 77.1. The van der Waals surface area contributed by atoms with Crippen molar-refractivity contribution in [1.29, 1.82) is 0 Å². The number of aliphatic hydroxyl groups excluding tert-OH is 1. The Balaban J connectivity index is 5.17. The van der Waals surface area contributed by atoms with Gasteiger partial charge in [-0.15, -0.1) is 0 Å². The third kappa shape index (κ3) is 78.5. The standard InChI is InChI=1S/C86H168O17P2/c1-7-10-12-14-16-18-20-22-24-26-28-30-32-34-36-38-40-42-44-49-56-62-68-83(88)96-74-81(102-85(90)70-64-58-50-45-43-41-39-37-35-33-31-29-27-25-23-21-19-17-15-13-11-8-2)76-100-104(92,93)98-72-80(87)73-99-105(94,95)101-77-82(75-97-84(89)69-63-57-53-52-55-61-67-79(6)9-3)103-86(91)71-65-59-51-47-46-48-54-60-66-78(4)5/h78-82,87H,7-77H2,1-6H3,(H,92,93)(H,94,95)/t79?,80-,81-,82-/m1/s1. The second-order valence-corrected chi connectivity index (χ2v) is 34.6. The fraction of sp³-hybridized carbons (Fsp3) is 0.953. The van der Waals surface area contributed by atoms with Gasteiger partial charge in [-0.2, -0.15) is 0 Å². The molecule has 17 nitrogen and oxygen atoms in total. The van der Waals surface area contributed by atoms with Gasteiger partial charge in [-0.1, -0.05) is 408 Å². The molecule has 0 aromatic heterocycles. The number of unbranched alkanes of at least 4 members (excludes halogenated alkanes) is 54. The van der Waals surface area contributed by atoms with Crippen molar-refractivity contribution in [2.75, 3.05) is 39.6 Å². The number of hydrogen-bond donors (Lipinski definition) is 3. The van der Waals surface area contributed by atoms with Gasteiger partial charge in [0.15, 0.2) is 12.2 Å². The third-order valence-electron chi connectivity index (χ3n) is 20.6. The first-order valence-corrected chi connectivity index (χ1v) is 47.5. The fourth-order valence-corrected chi connectivity index (χ4v) is 15.0. The topological polar surface area (TPSA) is 237 Å². The maximum Gasteiger partial charge on any atom is 0.472 e. The van der Waals surface area contributed by atoms with Crippen molar-refractivity contribution >= 4 is 39.5 Å². The van der Waals surface area contributed by atoms with Gasteiger partial charge in [-0.3, -0.25) is 37.3 Å². The number of carbonyl (C=O) groups excluding carboxylic acids is 4. The van der Waals surface area contributed by atoms with E-state index < -0.39 is 97.5 Å². The molecule has 105 heavy (non-hydrogen) atoms. The van der Waals surface area contributed by atoms with Gasteiger partial charge in [0.25, 0.3) is 0 Å². The summed E-state index contributed by atoms with van der Waals surface area (Å²) in [6.07, 6.45) is 69.9. The number of aliphatic hydroxyl groups is 1. The molecule has 0 bridgehead atoms. The molecule has 3 unspecified atom stereocenters. The van der Waals surface area contributed by atoms with Crippen LogP contribution in [0.1, 0.15) is 459 Å². The smallest absolute Gasteiger partial charge is 0.462 e. The Hall–Kier alpha value is -1.94. The van der Waals surface area contributed by atoms with Gasteiger partial charge in [0, 0.05) is 25.7 Å². The highest BCUT2D eigenvalue weighted by atomic mass is 31.2. The summed E-state index contributed by atoms with van der Waals surface area (Å²) in [4.78, 5) is 73.1. The van der Waals surface area contributed by atoms with Crippen molar-refractivity contribution in [3.05, 3.63) is 0 Å². The minimum Gasteiger partial charge on any atom is -0.462 e. The Morgan fingerprint density at radius 1 is 0.276 bits per heavy atom. The van der Waals surface area contributed by atoms with E-state index >= 15 is 0 Å². The molecule has 0 rings (SSSR count). The van der Waals surface area contributed by atoms with Crippen molar-refractivity contribution in [3.63, 3.8) is 0 Å². The molecule has 0 aromatic rings. The number of rotatable bonds is 85. The molecule has 0 spiro atoms. The second-order valence-electron chi connectivity index (χ2n) is 31.6. The Morgan fingerprint density at radius 3 is 0.724 bits per heavy atom. The Morgan fingerprint density at radius 2 is 0.486 bits per heavy atom. The summed E-state index contributed by atoms with van der Waals surface area (Å²) in [5.41, 5.74) is 0. The summed E-state index contributed by atoms with van der Waals surface area (Å²) in [6, 6.07) is 0. The summed E-state index contributed by atoms with van der Waals surface area (Å²) in [6.45, 7) is 9.56. The highest BCUT2D eigenvalue weighted by Gasteiger charge is 2.30. The van der Waals surface area contributed by atoms with Crippen LogP contribution in [0.2, 0.25) is 0 Å². The minimum absolute atomic E-state index is 0.104. The summed E-state index contributed by atoms with van der Waals surface area (Å²) in [5, 5.41) is 10.7. The van der Waals surface area contributed by atoms with Gasteiger partial charge in [0.1, 0.15) is 19.3 Å². The molecule has 0 heterocycles. The van der Waals surface area contributed by atoms with E-state index in [2.05, 4.69) is 41.5 Å². The monoisotopic (exact) mass is 1540 g/mol. The van der Waals surface area contributed by atoms with Crippen LogP contribution in [0.5, 0.6) is 0 Å². The number of carbonyl (C=O) groups is 4. The second kappa shape index (κ2) is 77.4. The van der Waals surface area contributed by atoms with Crippen LogP contribution in [0.3, 0.4) is 0 Å². The Labute approximate surface area is 645 Å². The van der Waals surface area contributed by atoms with Crippen molar-refractivity contribution in [3.8, 4) is 0 Å². The first kappa shape index (κ1) is 103. The molecule has 0 fully saturated rings. The number of phosphoric acid groups is 2. The maximum atomic E-state index is 13.1. The number of esters is 4. The van der Waals surface area contributed by atoms with Crippen molar-refractivity contribution in [1.82, 2.24) is 0 Å². The van der Waals surface area contributed by atoms with E-state index in [9.17, 15) is 43.2 Å². The Kier molecular flexibility index (Phi) is 76.0. The molecular weight excluding hydrogens is 1370 g/mol. The van der Waals surface area contributed by atoms with Gasteiger partial charge in [0.2, 0.25) is 0 Å². The molecule has 0 saturated heterocycles. The fourth-order valence-electron chi connectivity index (χ4n) is 13.4. The largest absolute Gasteiger partial charge is 0.472 e. The minimum atomic E-state index is -4.97. The summed E-state index contributed by atoms with van der Waals surface area (Å²) in [7, 11) is -9.92. The average molecular weight is 1540 g/mol. The average Bonchev–Trinajstić information content (AvgIpc) is 0.922. The molecule has 0 amide bonds. The number of phosphoric ester groups is 2. The quantitative estimate of drug-likeness (QED) is 0.0222. The zero-order valence-electron chi connectivity index (χ0n) is 69.0. The summed E-state index contributed by atoms with van der Waals surface area (Å²) < 4.78 is 68.8. The van der Waals surface area contributed by atoms with Crippen molar-refractivity contribution < 1.29 is 80.2 Å². The van der Waals surface area contributed by atoms with Gasteiger partial charge in [-0.25, -0.2) is 9.13 Å². The molecule has 3 N–H and O–H groups in total. The van der Waals surface area contributed by atoms with Crippen LogP contribution >= 0.6 is 15.6 Å². The molecule has 0 aromatic carbocycles. The van der Waals surface area contributed by atoms with Crippen LogP contribution in [0.25, 0.3) is 0 Å². The van der Waals surface area contributed by atoms with E-state index in [1.54, 1.807) is 0 Å². The lowest BCUT2D eigenvalue weighted by atomic mass is 10.00. The molecule has 0 saturated carbocycles. The maximum absolute atomic E-state index is 13.1. The van der Waals surface area contributed by atoms with Crippen LogP contribution in [0.15, 0.2) is 0 Å². The lowest BCUT2D eigenvalue weighted by Gasteiger charge is -2.21. The first-order chi connectivity index (χ1) is 50.9. The predicted molar refractivity (Wildman–Crippen MR) is 432 cm³/mol. The van der Waals surface area contributed by atoms with Gasteiger partial charge < -0.3 is 33.8 Å². The molecule has 624 valence electrons. The lowest BCUT2D eigenvalue weighted by Crippen LogP contribution is -2.30. The number of ether oxygens (including phenoxy) is 4. The molecule has 6 atom stereocenters. The van der Waals surface area contributed by atoms with Crippen LogP contribution in [-0.4, -0.2) is 96.7 Å². The van der Waals surface area contributed by atoms with E-state index in [1.807, 2.05) is 0 Å². The van der Waals surface area contributed by atoms with E-state index in [0.29, 0.717) is 25.7 Å². The normalized spacial score (nSPS) is 14.1. The zero-order valence-corrected chi connectivity index (χ0v) is 70.8. The van der Waals surface area contributed by atoms with Crippen LogP contribution in [0.4, 0.5) is 0 Å². The molecule has 0 aliphatic heterocycles. The van der Waals surface area contributed by atoms with E-state index in [0.717, 1.165) is 108 Å². The van der Waals surface area contributed by atoms with E-state index in [4.69, 9.17) is 37.0 Å². The molecule has 0 aliphatic carbocycles. The SMILES string of the molecule is CCCCCCCCCCCCCCCCCCCCCCCCC(=O)OC[C@H](COP(=O)(O)OC[C@@H](O)COP(=O)(O)OC[C@@H](COC(=O)CCCCCCCCC(C)CC)OC(=O)CCCCCCCCCCC(C)C)OC(=O)CCCCCCCCCCCCCCCCCCCCCCCC. The highest BCUT2D eigenvalue weighted by Crippen LogP contribution is 2.45. The van der Waals surface area contributed by atoms with Crippen molar-refractivity contribution in [2.45, 2.75) is 477 Å². The molecule has 0 aliphatic rings. The van der Waals surface area contributed by atoms with Crippen LogP contribution in [-0.2, 0) is 65.4 Å². The lowest BCUT2D eigenvalue weighted by molar-refractivity contribution is -0.161. The number of hydrogen-bond acceptors (Lipinski definition) is 15. The van der Waals surface area contributed by atoms with Crippen LogP contribution in [0, 0.1) is 11.8 Å². The summed E-state index contributed by atoms with van der Waals surface area (Å²) >= 11 is 0. The van der Waals surface area contributed by atoms with Gasteiger partial charge in [-0.05, 0) is 37.5 Å². The third-order valence-corrected chi connectivity index (χ3v) is 22.5. The van der Waals surface area contributed by atoms with Gasteiger partial charge in [0.05, 0.1) is 26.4 Å². The van der Waals surface area contributed by atoms with Crippen LogP contribution < -0.4 is 0 Å². The molecule has 0 radical (unpaired) electrons. The predicted octanol–water partition coefficient (Wildman–Crippen LogP) is 26.2. The first-order valence-electron chi connectivity index (χ1n) is 44.5.